The van der Waals surface area contributed by atoms with E-state index in [9.17, 15) is 13.2 Å². The van der Waals surface area contributed by atoms with Crippen LogP contribution in [0.25, 0.3) is 0 Å². The number of rotatable bonds is 5. The molecule has 0 aliphatic rings. The first-order valence-corrected chi connectivity index (χ1v) is 8.72. The van der Waals surface area contributed by atoms with E-state index in [2.05, 4.69) is 5.32 Å². The van der Waals surface area contributed by atoms with Gasteiger partial charge in [-0.2, -0.15) is 0 Å². The Morgan fingerprint density at radius 3 is 2.30 bits per heavy atom. The number of carbonyl (C=O) groups excluding carboxylic acids is 1. The monoisotopic (exact) mass is 333 g/mol. The number of ether oxygens (including phenoxy) is 1. The summed E-state index contributed by atoms with van der Waals surface area (Å²) in [5, 5.41) is 1.28. The minimum absolute atomic E-state index is 0.0873. The van der Waals surface area contributed by atoms with Crippen molar-refractivity contribution in [3.8, 4) is 0 Å². The summed E-state index contributed by atoms with van der Waals surface area (Å²) in [5.74, 6) is 0. The van der Waals surface area contributed by atoms with Crippen LogP contribution in [0.4, 0.5) is 4.79 Å². The van der Waals surface area contributed by atoms with E-state index in [1.165, 1.54) is 19.1 Å². The first-order valence-electron chi connectivity index (χ1n) is 7.17. The lowest BCUT2D eigenvalue weighted by molar-refractivity contribution is 0.139. The Morgan fingerprint density at radius 1 is 1.09 bits per heavy atom. The maximum atomic E-state index is 12.4. The summed E-state index contributed by atoms with van der Waals surface area (Å²) >= 11 is 0. The van der Waals surface area contributed by atoms with Gasteiger partial charge in [-0.15, -0.1) is 0 Å². The second-order valence-electron chi connectivity index (χ2n) is 5.21. The third-order valence-electron chi connectivity index (χ3n) is 3.35. The summed E-state index contributed by atoms with van der Waals surface area (Å²) in [5.41, 5.74) is 1.79. The number of hydrogen-bond acceptors (Lipinski definition) is 4. The Balaban J connectivity index is 1.96. The zero-order chi connectivity index (χ0) is 16.9. The van der Waals surface area contributed by atoms with E-state index in [-0.39, 0.29) is 11.5 Å². The number of sulfone groups is 1. The molecule has 0 aliphatic heterocycles. The number of alkyl carbamates (subject to hydrolysis) is 1. The average molecular weight is 333 g/mol. The number of benzene rings is 2. The predicted octanol–water partition coefficient (Wildman–Crippen LogP) is 3.04. The molecule has 0 saturated heterocycles. The molecule has 0 fully saturated rings. The van der Waals surface area contributed by atoms with Gasteiger partial charge in [0.1, 0.15) is 12.0 Å². The first-order chi connectivity index (χ1) is 10.9. The predicted molar refractivity (Wildman–Crippen MR) is 87.6 cm³/mol. The summed E-state index contributed by atoms with van der Waals surface area (Å²) in [6.07, 6.45) is -0.767. The maximum absolute atomic E-state index is 12.4. The highest BCUT2D eigenvalue weighted by atomic mass is 32.2. The molecule has 1 amide bonds. The lowest BCUT2D eigenvalue weighted by Crippen LogP contribution is -2.38. The lowest BCUT2D eigenvalue weighted by Gasteiger charge is -2.15. The molecule has 23 heavy (non-hydrogen) atoms. The Morgan fingerprint density at radius 2 is 1.70 bits per heavy atom. The van der Waals surface area contributed by atoms with E-state index < -0.39 is 21.3 Å². The van der Waals surface area contributed by atoms with Crippen LogP contribution in [0, 0.1) is 6.92 Å². The summed E-state index contributed by atoms with van der Waals surface area (Å²) < 4.78 is 29.8. The van der Waals surface area contributed by atoms with Gasteiger partial charge in [-0.05, 0) is 31.5 Å². The fourth-order valence-electron chi connectivity index (χ4n) is 1.94. The standard InChI is InChI=1S/C17H19NO4S/c1-13-8-10-16(11-9-13)23(20,21)14(2)18-17(19)22-12-15-6-4-3-5-7-15/h3-11,14H,12H2,1-2H3,(H,18,19)/t14-/m1/s1. The van der Waals surface area contributed by atoms with Crippen molar-refractivity contribution in [3.63, 3.8) is 0 Å². The summed E-state index contributed by atoms with van der Waals surface area (Å²) in [6, 6.07) is 15.7. The molecule has 0 bridgehead atoms. The summed E-state index contributed by atoms with van der Waals surface area (Å²) in [7, 11) is -3.65. The van der Waals surface area contributed by atoms with E-state index in [0.717, 1.165) is 11.1 Å². The van der Waals surface area contributed by atoms with E-state index in [0.29, 0.717) is 0 Å². The number of hydrogen-bond donors (Lipinski definition) is 1. The SMILES string of the molecule is Cc1ccc(S(=O)(=O)[C@H](C)NC(=O)OCc2ccccc2)cc1. The summed E-state index contributed by atoms with van der Waals surface area (Å²) in [6.45, 7) is 3.38. The van der Waals surface area contributed by atoms with Crippen LogP contribution in [0.3, 0.4) is 0 Å². The fraction of sp³-hybridized carbons (Fsp3) is 0.235. The van der Waals surface area contributed by atoms with E-state index in [4.69, 9.17) is 4.74 Å². The lowest BCUT2D eigenvalue weighted by atomic mass is 10.2. The molecular weight excluding hydrogens is 314 g/mol. The molecule has 0 heterocycles. The van der Waals surface area contributed by atoms with Crippen molar-refractivity contribution < 1.29 is 17.9 Å². The Hall–Kier alpha value is -2.34. The Bertz CT molecular complexity index is 755. The fourth-order valence-corrected chi connectivity index (χ4v) is 3.12. The molecular formula is C17H19NO4S. The van der Waals surface area contributed by atoms with Crippen molar-refractivity contribution >= 4 is 15.9 Å². The number of carbonyl (C=O) groups is 1. The van der Waals surface area contributed by atoms with Gasteiger partial charge in [0.15, 0.2) is 9.84 Å². The largest absolute Gasteiger partial charge is 0.445 e. The second kappa shape index (κ2) is 7.28. The van der Waals surface area contributed by atoms with Crippen molar-refractivity contribution in [3.05, 3.63) is 65.7 Å². The molecule has 0 spiro atoms. The van der Waals surface area contributed by atoms with Crippen LogP contribution in [-0.2, 0) is 21.2 Å². The molecule has 0 saturated carbocycles. The molecule has 0 unspecified atom stereocenters. The molecule has 1 atom stereocenters. The first kappa shape index (κ1) is 17.0. The summed E-state index contributed by atoms with van der Waals surface area (Å²) in [4.78, 5) is 11.9. The van der Waals surface area contributed by atoms with Gasteiger partial charge < -0.3 is 10.1 Å². The van der Waals surface area contributed by atoms with Crippen molar-refractivity contribution in [2.45, 2.75) is 30.7 Å². The normalized spacial score (nSPS) is 12.4. The van der Waals surface area contributed by atoms with E-state index >= 15 is 0 Å². The highest BCUT2D eigenvalue weighted by molar-refractivity contribution is 7.92. The van der Waals surface area contributed by atoms with E-state index in [1.807, 2.05) is 37.3 Å². The molecule has 2 aromatic rings. The van der Waals surface area contributed by atoms with Gasteiger partial charge in [0, 0.05) is 0 Å². The molecule has 0 aromatic heterocycles. The number of amides is 1. The second-order valence-corrected chi connectivity index (χ2v) is 7.47. The van der Waals surface area contributed by atoms with Crippen LogP contribution in [0.2, 0.25) is 0 Å². The average Bonchev–Trinajstić information content (AvgIpc) is 2.54. The smallest absolute Gasteiger partial charge is 0.408 e. The molecule has 2 aromatic carbocycles. The minimum atomic E-state index is -3.65. The van der Waals surface area contributed by atoms with Gasteiger partial charge in [0.05, 0.1) is 4.90 Å². The Labute approximate surface area is 136 Å². The molecule has 122 valence electrons. The molecule has 6 heteroatoms. The third kappa shape index (κ3) is 4.56. The molecule has 2 rings (SSSR count). The van der Waals surface area contributed by atoms with Gasteiger partial charge in [0.25, 0.3) is 0 Å². The topological polar surface area (TPSA) is 72.5 Å². The van der Waals surface area contributed by atoms with Crippen molar-refractivity contribution in [1.82, 2.24) is 5.32 Å². The van der Waals surface area contributed by atoms with Crippen LogP contribution in [0.1, 0.15) is 18.1 Å². The van der Waals surface area contributed by atoms with Crippen LogP contribution in [0.5, 0.6) is 0 Å². The van der Waals surface area contributed by atoms with Crippen LogP contribution in [0.15, 0.2) is 59.5 Å². The molecule has 0 radical (unpaired) electrons. The van der Waals surface area contributed by atoms with Gasteiger partial charge >= 0.3 is 6.09 Å². The van der Waals surface area contributed by atoms with Gasteiger partial charge in [-0.1, -0.05) is 48.0 Å². The highest BCUT2D eigenvalue weighted by Gasteiger charge is 2.25. The zero-order valence-electron chi connectivity index (χ0n) is 13.0. The zero-order valence-corrected chi connectivity index (χ0v) is 13.8. The molecule has 0 aliphatic carbocycles. The van der Waals surface area contributed by atoms with Crippen LogP contribution < -0.4 is 5.32 Å². The van der Waals surface area contributed by atoms with Crippen molar-refractivity contribution in [2.75, 3.05) is 0 Å². The third-order valence-corrected chi connectivity index (χ3v) is 5.33. The van der Waals surface area contributed by atoms with Crippen LogP contribution in [-0.4, -0.2) is 19.9 Å². The molecule has 1 N–H and O–H groups in total. The van der Waals surface area contributed by atoms with E-state index in [1.54, 1.807) is 12.1 Å². The quantitative estimate of drug-likeness (QED) is 0.913. The Kier molecular flexibility index (Phi) is 5.39. The minimum Gasteiger partial charge on any atom is -0.445 e. The van der Waals surface area contributed by atoms with Crippen molar-refractivity contribution in [2.24, 2.45) is 0 Å². The van der Waals surface area contributed by atoms with Gasteiger partial charge in [-0.25, -0.2) is 13.2 Å². The highest BCUT2D eigenvalue weighted by Crippen LogP contribution is 2.15. The number of nitrogens with one attached hydrogen (secondary N) is 1. The number of aryl methyl sites for hydroxylation is 1. The van der Waals surface area contributed by atoms with Crippen molar-refractivity contribution in [1.29, 1.82) is 0 Å². The maximum Gasteiger partial charge on any atom is 0.408 e. The van der Waals surface area contributed by atoms with Gasteiger partial charge in [0.2, 0.25) is 0 Å². The van der Waals surface area contributed by atoms with Gasteiger partial charge in [-0.3, -0.25) is 0 Å². The molecule has 5 nitrogen and oxygen atoms in total. The van der Waals surface area contributed by atoms with Crippen LogP contribution >= 0.6 is 0 Å².